The van der Waals surface area contributed by atoms with Crippen LogP contribution in [-0.4, -0.2) is 15.2 Å². The topological polar surface area (TPSA) is 51.8 Å². The molecule has 5 heteroatoms. The lowest BCUT2D eigenvalue weighted by Crippen LogP contribution is -1.83. The highest BCUT2D eigenvalue weighted by Crippen LogP contribution is 2.10. The molecule has 62 valence electrons. The van der Waals surface area contributed by atoms with Crippen molar-refractivity contribution in [3.05, 3.63) is 28.4 Å². The van der Waals surface area contributed by atoms with Crippen molar-refractivity contribution >= 4 is 11.3 Å². The molecule has 0 spiro atoms. The van der Waals surface area contributed by atoms with Crippen LogP contribution in [0.4, 0.5) is 0 Å². The lowest BCUT2D eigenvalue weighted by molar-refractivity contribution is 0.483. The molecule has 0 unspecified atom stereocenters. The van der Waals surface area contributed by atoms with Crippen molar-refractivity contribution in [1.82, 2.24) is 15.2 Å². The molecule has 0 saturated carbocycles. The summed E-state index contributed by atoms with van der Waals surface area (Å²) in [7, 11) is 0. The Balaban J connectivity index is 2.14. The van der Waals surface area contributed by atoms with Gasteiger partial charge in [0, 0.05) is 6.92 Å². The van der Waals surface area contributed by atoms with E-state index in [4.69, 9.17) is 4.42 Å². The summed E-state index contributed by atoms with van der Waals surface area (Å²) in [5.41, 5.74) is 1.71. The molecule has 2 rings (SSSR count). The van der Waals surface area contributed by atoms with Crippen LogP contribution in [0.5, 0.6) is 0 Å². The number of hydrogen-bond donors (Lipinski definition) is 0. The first kappa shape index (κ1) is 7.42. The highest BCUT2D eigenvalue weighted by atomic mass is 32.1. The maximum Gasteiger partial charge on any atom is 0.191 e. The zero-order chi connectivity index (χ0) is 8.39. The highest BCUT2D eigenvalue weighted by Gasteiger charge is 2.03. The molecule has 0 aromatic carbocycles. The lowest BCUT2D eigenvalue weighted by atomic mass is 10.4. The summed E-state index contributed by atoms with van der Waals surface area (Å²) in [6.45, 7) is 1.82. The summed E-state index contributed by atoms with van der Waals surface area (Å²) < 4.78 is 5.28. The van der Waals surface area contributed by atoms with Crippen LogP contribution in [0.15, 0.2) is 16.1 Å². The van der Waals surface area contributed by atoms with Crippen molar-refractivity contribution in [3.8, 4) is 0 Å². The quantitative estimate of drug-likeness (QED) is 0.703. The molecule has 0 amide bonds. The third-order valence-corrected chi connectivity index (χ3v) is 2.10. The number of nitrogens with zero attached hydrogens (tertiary/aromatic N) is 3. The van der Waals surface area contributed by atoms with Crippen molar-refractivity contribution in [3.63, 3.8) is 0 Å². The van der Waals surface area contributed by atoms with Crippen LogP contribution in [0.1, 0.15) is 16.7 Å². The minimum absolute atomic E-state index is 0.686. The standard InChI is InChI=1S/C7H7N3OS/c1-5-8-3-6(11-5)2-7-10-9-4-12-7/h3-4H,2H2,1H3. The minimum atomic E-state index is 0.686. The Hall–Kier alpha value is -1.23. The van der Waals surface area contributed by atoms with E-state index < -0.39 is 0 Å². The fraction of sp³-hybridized carbons (Fsp3) is 0.286. The Labute approximate surface area is 73.3 Å². The molecule has 2 aromatic heterocycles. The minimum Gasteiger partial charge on any atom is -0.446 e. The largest absolute Gasteiger partial charge is 0.446 e. The van der Waals surface area contributed by atoms with Gasteiger partial charge in [0.25, 0.3) is 0 Å². The molecule has 4 nitrogen and oxygen atoms in total. The van der Waals surface area contributed by atoms with Gasteiger partial charge in [0.1, 0.15) is 16.3 Å². The van der Waals surface area contributed by atoms with Crippen LogP contribution in [0.25, 0.3) is 0 Å². The van der Waals surface area contributed by atoms with Gasteiger partial charge in [-0.25, -0.2) is 4.98 Å². The molecule has 0 atom stereocenters. The van der Waals surface area contributed by atoms with Crippen molar-refractivity contribution in [2.24, 2.45) is 0 Å². The number of rotatable bonds is 2. The highest BCUT2D eigenvalue weighted by molar-refractivity contribution is 7.09. The third kappa shape index (κ3) is 1.50. The lowest BCUT2D eigenvalue weighted by Gasteiger charge is -1.87. The van der Waals surface area contributed by atoms with Gasteiger partial charge in [-0.1, -0.05) is 0 Å². The molecule has 0 saturated heterocycles. The summed E-state index contributed by atoms with van der Waals surface area (Å²) in [6.07, 6.45) is 2.41. The van der Waals surface area contributed by atoms with Crippen LogP contribution in [0.2, 0.25) is 0 Å². The zero-order valence-corrected chi connectivity index (χ0v) is 7.34. The molecule has 2 heterocycles. The fourth-order valence-corrected chi connectivity index (χ4v) is 1.44. The molecule has 0 bridgehead atoms. The first-order valence-corrected chi connectivity index (χ1v) is 4.39. The van der Waals surface area contributed by atoms with Crippen LogP contribution in [0.3, 0.4) is 0 Å². The Morgan fingerprint density at radius 2 is 2.50 bits per heavy atom. The maximum absolute atomic E-state index is 5.28. The summed E-state index contributed by atoms with van der Waals surface area (Å²) >= 11 is 1.52. The normalized spacial score (nSPS) is 10.4. The second-order valence-corrected chi connectivity index (χ2v) is 3.27. The van der Waals surface area contributed by atoms with Crippen molar-refractivity contribution in [2.75, 3.05) is 0 Å². The van der Waals surface area contributed by atoms with Gasteiger partial charge in [-0.05, 0) is 0 Å². The van der Waals surface area contributed by atoms with Crippen LogP contribution in [0, 0.1) is 6.92 Å². The van der Waals surface area contributed by atoms with Gasteiger partial charge in [0.2, 0.25) is 0 Å². The predicted molar refractivity (Wildman–Crippen MR) is 44.0 cm³/mol. The zero-order valence-electron chi connectivity index (χ0n) is 6.52. The van der Waals surface area contributed by atoms with E-state index in [1.165, 1.54) is 11.3 Å². The maximum atomic E-state index is 5.28. The average Bonchev–Trinajstić information content (AvgIpc) is 2.63. The molecule has 2 aromatic rings. The van der Waals surface area contributed by atoms with Crippen molar-refractivity contribution in [1.29, 1.82) is 0 Å². The van der Waals surface area contributed by atoms with Gasteiger partial charge in [-0.15, -0.1) is 21.5 Å². The van der Waals surface area contributed by atoms with Gasteiger partial charge < -0.3 is 4.42 Å². The second kappa shape index (κ2) is 3.02. The number of aromatic nitrogens is 3. The Kier molecular flexibility index (Phi) is 1.87. The Morgan fingerprint density at radius 1 is 1.58 bits per heavy atom. The van der Waals surface area contributed by atoms with E-state index in [0.717, 1.165) is 10.8 Å². The summed E-state index contributed by atoms with van der Waals surface area (Å²) in [5.74, 6) is 1.53. The molecule has 0 radical (unpaired) electrons. The molecular formula is C7H7N3OS. The molecule has 0 N–H and O–H groups in total. The number of oxazole rings is 1. The SMILES string of the molecule is Cc1ncc(Cc2nncs2)o1. The summed E-state index contributed by atoms with van der Waals surface area (Å²) in [6, 6.07) is 0. The average molecular weight is 181 g/mol. The summed E-state index contributed by atoms with van der Waals surface area (Å²) in [4.78, 5) is 3.99. The Morgan fingerprint density at radius 3 is 3.08 bits per heavy atom. The molecule has 0 fully saturated rings. The molecule has 0 aliphatic carbocycles. The second-order valence-electron chi connectivity index (χ2n) is 2.35. The number of aryl methyl sites for hydroxylation is 1. The molecule has 12 heavy (non-hydrogen) atoms. The van der Waals surface area contributed by atoms with Crippen LogP contribution < -0.4 is 0 Å². The first-order chi connectivity index (χ1) is 5.84. The summed E-state index contributed by atoms with van der Waals surface area (Å²) in [5, 5.41) is 8.58. The van der Waals surface area contributed by atoms with E-state index in [2.05, 4.69) is 15.2 Å². The van der Waals surface area contributed by atoms with E-state index >= 15 is 0 Å². The van der Waals surface area contributed by atoms with Crippen LogP contribution in [-0.2, 0) is 6.42 Å². The Bertz CT molecular complexity index is 354. The fourth-order valence-electron chi connectivity index (χ4n) is 0.909. The van der Waals surface area contributed by atoms with Crippen molar-refractivity contribution in [2.45, 2.75) is 13.3 Å². The van der Waals surface area contributed by atoms with Crippen LogP contribution >= 0.6 is 11.3 Å². The van der Waals surface area contributed by atoms with Gasteiger partial charge in [0.05, 0.1) is 12.6 Å². The smallest absolute Gasteiger partial charge is 0.191 e. The first-order valence-electron chi connectivity index (χ1n) is 3.51. The monoisotopic (exact) mass is 181 g/mol. The van der Waals surface area contributed by atoms with E-state index in [9.17, 15) is 0 Å². The van der Waals surface area contributed by atoms with Gasteiger partial charge >= 0.3 is 0 Å². The third-order valence-electron chi connectivity index (χ3n) is 1.40. The predicted octanol–water partition coefficient (Wildman–Crippen LogP) is 1.43. The van der Waals surface area contributed by atoms with Gasteiger partial charge in [0.15, 0.2) is 5.89 Å². The van der Waals surface area contributed by atoms with E-state index in [1.807, 2.05) is 6.92 Å². The van der Waals surface area contributed by atoms with E-state index in [1.54, 1.807) is 11.7 Å². The number of hydrogen-bond acceptors (Lipinski definition) is 5. The molecule has 0 aliphatic heterocycles. The van der Waals surface area contributed by atoms with Crippen molar-refractivity contribution < 1.29 is 4.42 Å². The molecule has 0 aliphatic rings. The van der Waals surface area contributed by atoms with E-state index in [-0.39, 0.29) is 0 Å². The van der Waals surface area contributed by atoms with Gasteiger partial charge in [-0.3, -0.25) is 0 Å². The molecular weight excluding hydrogens is 174 g/mol. The van der Waals surface area contributed by atoms with Gasteiger partial charge in [-0.2, -0.15) is 0 Å². The van der Waals surface area contributed by atoms with E-state index in [0.29, 0.717) is 12.3 Å².